The zero-order valence-corrected chi connectivity index (χ0v) is 18.3. The molecule has 0 spiro atoms. The molecule has 0 unspecified atom stereocenters. The van der Waals surface area contributed by atoms with E-state index in [1.807, 2.05) is 0 Å². The summed E-state index contributed by atoms with van der Waals surface area (Å²) in [6.45, 7) is 1.79. The lowest BCUT2D eigenvalue weighted by Gasteiger charge is -2.12. The number of carbonyl (C=O) groups excluding carboxylic acids is 4. The van der Waals surface area contributed by atoms with Crippen molar-refractivity contribution in [1.82, 2.24) is 10.4 Å². The number of fused-ring (bicyclic) bond motifs is 1. The number of alkyl carbamates (subject to hydrolysis) is 1. The molecule has 3 atom stereocenters. The van der Waals surface area contributed by atoms with Gasteiger partial charge in [-0.25, -0.2) is 9.59 Å². The van der Waals surface area contributed by atoms with Crippen LogP contribution in [0.4, 0.5) is 4.79 Å². The fourth-order valence-corrected chi connectivity index (χ4v) is 4.17. The van der Waals surface area contributed by atoms with Crippen molar-refractivity contribution in [2.75, 3.05) is 39.6 Å². The summed E-state index contributed by atoms with van der Waals surface area (Å²) >= 11 is 0. The van der Waals surface area contributed by atoms with Gasteiger partial charge in [-0.2, -0.15) is 0 Å². The Balaban J connectivity index is 1.11. The highest BCUT2D eigenvalue weighted by Gasteiger charge is 2.49. The van der Waals surface area contributed by atoms with Crippen LogP contribution in [-0.2, 0) is 33.4 Å². The number of nitrogens with one attached hydrogen (secondary N) is 1. The van der Waals surface area contributed by atoms with Crippen LogP contribution in [0.15, 0.2) is 12.2 Å². The van der Waals surface area contributed by atoms with Gasteiger partial charge in [-0.15, -0.1) is 5.06 Å². The van der Waals surface area contributed by atoms with Crippen molar-refractivity contribution in [2.45, 2.75) is 44.9 Å². The van der Waals surface area contributed by atoms with E-state index in [1.165, 1.54) is 12.8 Å². The number of nitrogens with zero attached hydrogens (tertiary/aromatic N) is 1. The summed E-state index contributed by atoms with van der Waals surface area (Å²) in [7, 11) is 0. The van der Waals surface area contributed by atoms with Gasteiger partial charge in [0, 0.05) is 19.4 Å². The number of amides is 3. The summed E-state index contributed by atoms with van der Waals surface area (Å²) in [4.78, 5) is 50.8. The summed E-state index contributed by atoms with van der Waals surface area (Å²) in [6.07, 6.45) is 8.74. The van der Waals surface area contributed by atoms with Gasteiger partial charge in [0.2, 0.25) is 0 Å². The van der Waals surface area contributed by atoms with E-state index in [4.69, 9.17) is 19.0 Å². The minimum absolute atomic E-state index is 0.0614. The Kier molecular flexibility index (Phi) is 9.48. The average Bonchev–Trinajstić information content (AvgIpc) is 3.30. The molecule has 1 saturated heterocycles. The zero-order valence-electron chi connectivity index (χ0n) is 18.3. The van der Waals surface area contributed by atoms with Gasteiger partial charge in [-0.1, -0.05) is 12.2 Å². The molecular weight excluding hydrogens is 420 g/mol. The van der Waals surface area contributed by atoms with Gasteiger partial charge in [-0.05, 0) is 43.4 Å². The van der Waals surface area contributed by atoms with Gasteiger partial charge in [0.1, 0.15) is 0 Å². The van der Waals surface area contributed by atoms with Gasteiger partial charge in [0.25, 0.3) is 11.8 Å². The maximum absolute atomic E-state index is 11.8. The highest BCUT2D eigenvalue weighted by molar-refractivity contribution is 6.01. The predicted octanol–water partition coefficient (Wildman–Crippen LogP) is 1.74. The summed E-state index contributed by atoms with van der Waals surface area (Å²) in [5.41, 5.74) is 0. The van der Waals surface area contributed by atoms with Crippen LogP contribution in [0.25, 0.3) is 0 Å². The lowest BCUT2D eigenvalue weighted by atomic mass is 10.1. The molecule has 178 valence electrons. The second kappa shape index (κ2) is 12.5. The van der Waals surface area contributed by atoms with E-state index >= 15 is 0 Å². The first kappa shape index (κ1) is 24.2. The van der Waals surface area contributed by atoms with E-state index in [1.54, 1.807) is 0 Å². The van der Waals surface area contributed by atoms with Crippen LogP contribution in [0, 0.1) is 17.8 Å². The molecule has 1 N–H and O–H groups in total. The molecule has 0 aromatic heterocycles. The van der Waals surface area contributed by atoms with Crippen molar-refractivity contribution >= 4 is 23.9 Å². The fourth-order valence-electron chi connectivity index (χ4n) is 4.17. The highest BCUT2D eigenvalue weighted by Crippen LogP contribution is 2.52. The van der Waals surface area contributed by atoms with E-state index in [9.17, 15) is 19.2 Å². The second-order valence-corrected chi connectivity index (χ2v) is 8.16. The molecule has 1 aliphatic heterocycles. The zero-order chi connectivity index (χ0) is 22.8. The number of allylic oxidation sites excluding steroid dienone is 2. The van der Waals surface area contributed by atoms with Crippen LogP contribution in [0.3, 0.4) is 0 Å². The molecular formula is C22H32N2O8. The maximum atomic E-state index is 11.8. The Morgan fingerprint density at radius 1 is 0.938 bits per heavy atom. The van der Waals surface area contributed by atoms with Crippen molar-refractivity contribution in [2.24, 2.45) is 17.8 Å². The first-order valence-corrected chi connectivity index (χ1v) is 11.3. The molecule has 10 nitrogen and oxygen atoms in total. The summed E-state index contributed by atoms with van der Waals surface area (Å²) in [5.74, 6) is 0.174. The Morgan fingerprint density at radius 3 is 2.22 bits per heavy atom. The largest absolute Gasteiger partial charge is 0.449 e. The molecule has 0 aromatic carbocycles. The van der Waals surface area contributed by atoms with Crippen molar-refractivity contribution in [3.05, 3.63) is 12.2 Å². The van der Waals surface area contributed by atoms with E-state index in [2.05, 4.69) is 17.5 Å². The van der Waals surface area contributed by atoms with Crippen molar-refractivity contribution in [1.29, 1.82) is 0 Å². The number of hydrogen-bond acceptors (Lipinski definition) is 8. The van der Waals surface area contributed by atoms with Crippen molar-refractivity contribution in [3.8, 4) is 0 Å². The minimum Gasteiger partial charge on any atom is -0.449 e. The number of rotatable bonds is 12. The smallest absolute Gasteiger partial charge is 0.407 e. The molecule has 0 radical (unpaired) electrons. The van der Waals surface area contributed by atoms with Gasteiger partial charge in [0.15, 0.2) is 0 Å². The first-order valence-electron chi connectivity index (χ1n) is 11.3. The third kappa shape index (κ3) is 7.59. The molecule has 1 heterocycles. The number of ether oxygens (including phenoxy) is 3. The molecule has 3 aliphatic rings. The monoisotopic (exact) mass is 452 g/mol. The van der Waals surface area contributed by atoms with Crippen molar-refractivity contribution in [3.63, 3.8) is 0 Å². The molecule has 1 saturated carbocycles. The van der Waals surface area contributed by atoms with E-state index in [-0.39, 0.29) is 32.5 Å². The standard InChI is InChI=1S/C22H32N2O8/c25-19-7-8-20(26)24(19)32-21(27)9-11-29-13-14-30-12-10-23-22(28)31-15-18-16-5-3-1-2-4-6-17(16)18/h1-2,16-18H,3-15H2,(H,23,28)/b2-1-/t16-,17+,18-. The number of hydroxylamine groups is 2. The lowest BCUT2D eigenvalue weighted by Crippen LogP contribution is -2.32. The highest BCUT2D eigenvalue weighted by atomic mass is 16.7. The van der Waals surface area contributed by atoms with Crippen LogP contribution in [0.5, 0.6) is 0 Å². The first-order chi connectivity index (χ1) is 15.6. The lowest BCUT2D eigenvalue weighted by molar-refractivity contribution is -0.198. The third-order valence-corrected chi connectivity index (χ3v) is 5.95. The van der Waals surface area contributed by atoms with E-state index < -0.39 is 23.9 Å². The quantitative estimate of drug-likeness (QED) is 0.270. The van der Waals surface area contributed by atoms with Gasteiger partial charge in [0.05, 0.1) is 39.5 Å². The topological polar surface area (TPSA) is 120 Å². The maximum Gasteiger partial charge on any atom is 0.407 e. The number of carbonyl (C=O) groups is 4. The Bertz CT molecular complexity index is 678. The Hall–Kier alpha value is -2.46. The Labute approximate surface area is 187 Å². The van der Waals surface area contributed by atoms with Crippen LogP contribution >= 0.6 is 0 Å². The van der Waals surface area contributed by atoms with Crippen molar-refractivity contribution < 1.29 is 38.2 Å². The minimum atomic E-state index is -0.703. The van der Waals surface area contributed by atoms with Crippen LogP contribution < -0.4 is 5.32 Å². The Morgan fingerprint density at radius 2 is 1.56 bits per heavy atom. The SMILES string of the molecule is O=C(CCOCCOCCNC(=O)OC[C@@H]1[C@@H]2CC/C=C\CC[C@@H]21)ON1C(=O)CCC1=O. The van der Waals surface area contributed by atoms with Crippen LogP contribution in [0.2, 0.25) is 0 Å². The summed E-state index contributed by atoms with van der Waals surface area (Å²) in [5, 5.41) is 3.19. The second-order valence-electron chi connectivity index (χ2n) is 8.16. The molecule has 2 aliphatic carbocycles. The van der Waals surface area contributed by atoms with Crippen LogP contribution in [0.1, 0.15) is 44.9 Å². The number of imide groups is 1. The van der Waals surface area contributed by atoms with E-state index in [0.29, 0.717) is 49.2 Å². The third-order valence-electron chi connectivity index (χ3n) is 5.95. The number of hydrogen-bond donors (Lipinski definition) is 1. The van der Waals surface area contributed by atoms with Gasteiger partial charge < -0.3 is 24.4 Å². The van der Waals surface area contributed by atoms with Gasteiger partial charge >= 0.3 is 12.1 Å². The van der Waals surface area contributed by atoms with E-state index in [0.717, 1.165) is 12.8 Å². The molecule has 3 amide bonds. The molecule has 10 heteroatoms. The molecule has 0 aromatic rings. The fraction of sp³-hybridized carbons (Fsp3) is 0.727. The summed E-state index contributed by atoms with van der Waals surface area (Å²) < 4.78 is 16.0. The van der Waals surface area contributed by atoms with Crippen LogP contribution in [-0.4, -0.2) is 68.5 Å². The normalized spacial score (nSPS) is 25.5. The average molecular weight is 453 g/mol. The molecule has 3 rings (SSSR count). The molecule has 0 bridgehead atoms. The molecule has 32 heavy (non-hydrogen) atoms. The molecule has 2 fully saturated rings. The van der Waals surface area contributed by atoms with Gasteiger partial charge in [-0.3, -0.25) is 9.59 Å². The summed E-state index contributed by atoms with van der Waals surface area (Å²) in [6, 6.07) is 0. The predicted molar refractivity (Wildman–Crippen MR) is 111 cm³/mol.